The van der Waals surface area contributed by atoms with Gasteiger partial charge in [0.1, 0.15) is 17.3 Å². The molecule has 2 aromatic rings. The largest absolute Gasteiger partial charge is 0.497 e. The van der Waals surface area contributed by atoms with E-state index in [9.17, 15) is 4.79 Å². The summed E-state index contributed by atoms with van der Waals surface area (Å²) in [6.07, 6.45) is 3.34. The molecule has 0 aromatic heterocycles. The van der Waals surface area contributed by atoms with E-state index in [2.05, 4.69) is 43.2 Å². The Morgan fingerprint density at radius 1 is 1.00 bits per heavy atom. The fourth-order valence-electron chi connectivity index (χ4n) is 2.93. The van der Waals surface area contributed by atoms with Crippen LogP contribution in [-0.2, 0) is 16.6 Å². The SMILES string of the molecule is COc1ccc(CCC2=N/C(=C/c3ccc(C(C)(C)C)cc3)C(=O)N2)cc1. The second-order valence-electron chi connectivity index (χ2n) is 7.76. The Morgan fingerprint density at radius 3 is 2.26 bits per heavy atom. The zero-order chi connectivity index (χ0) is 19.4. The van der Waals surface area contributed by atoms with E-state index < -0.39 is 0 Å². The van der Waals surface area contributed by atoms with E-state index >= 15 is 0 Å². The van der Waals surface area contributed by atoms with Crippen LogP contribution in [0.2, 0.25) is 0 Å². The molecule has 0 saturated heterocycles. The molecule has 0 fully saturated rings. The van der Waals surface area contributed by atoms with Crippen molar-refractivity contribution in [2.24, 2.45) is 4.99 Å². The van der Waals surface area contributed by atoms with Gasteiger partial charge in [0.25, 0.3) is 5.91 Å². The van der Waals surface area contributed by atoms with Crippen molar-refractivity contribution < 1.29 is 9.53 Å². The fourth-order valence-corrected chi connectivity index (χ4v) is 2.93. The standard InChI is InChI=1S/C23H26N2O2/c1-23(2,3)18-10-5-17(6-11-18)15-20-22(26)25-21(24-20)14-9-16-7-12-19(27-4)13-8-16/h5-8,10-13,15H,9,14H2,1-4H3,(H,24,25,26)/b20-15+. The number of amidine groups is 1. The van der Waals surface area contributed by atoms with Crippen LogP contribution in [0, 0.1) is 0 Å². The van der Waals surface area contributed by atoms with Crippen molar-refractivity contribution in [3.05, 3.63) is 70.9 Å². The molecular formula is C23H26N2O2. The molecule has 0 unspecified atom stereocenters. The molecule has 1 amide bonds. The maximum Gasteiger partial charge on any atom is 0.275 e. The first-order chi connectivity index (χ1) is 12.8. The lowest BCUT2D eigenvalue weighted by atomic mass is 9.87. The minimum absolute atomic E-state index is 0.114. The average molecular weight is 362 g/mol. The van der Waals surface area contributed by atoms with Crippen LogP contribution < -0.4 is 10.1 Å². The summed E-state index contributed by atoms with van der Waals surface area (Å²) in [5.74, 6) is 1.42. The zero-order valence-corrected chi connectivity index (χ0v) is 16.4. The zero-order valence-electron chi connectivity index (χ0n) is 16.4. The molecule has 1 N–H and O–H groups in total. The van der Waals surface area contributed by atoms with Gasteiger partial charge in [-0.2, -0.15) is 0 Å². The third kappa shape index (κ3) is 4.85. The summed E-state index contributed by atoms with van der Waals surface area (Å²) in [6, 6.07) is 16.2. The van der Waals surface area contributed by atoms with Crippen LogP contribution in [0.3, 0.4) is 0 Å². The smallest absolute Gasteiger partial charge is 0.275 e. The summed E-state index contributed by atoms with van der Waals surface area (Å²) >= 11 is 0. The predicted molar refractivity (Wildman–Crippen MR) is 110 cm³/mol. The number of amides is 1. The van der Waals surface area contributed by atoms with Crippen molar-refractivity contribution in [3.63, 3.8) is 0 Å². The van der Waals surface area contributed by atoms with Gasteiger partial charge in [-0.05, 0) is 46.7 Å². The first-order valence-corrected chi connectivity index (χ1v) is 9.19. The second kappa shape index (κ2) is 7.78. The van der Waals surface area contributed by atoms with Gasteiger partial charge in [0.05, 0.1) is 7.11 Å². The van der Waals surface area contributed by atoms with Crippen molar-refractivity contribution in [2.75, 3.05) is 7.11 Å². The Balaban J connectivity index is 1.67. The first-order valence-electron chi connectivity index (χ1n) is 9.19. The van der Waals surface area contributed by atoms with Crippen molar-refractivity contribution in [3.8, 4) is 5.75 Å². The lowest BCUT2D eigenvalue weighted by Gasteiger charge is -2.18. The van der Waals surface area contributed by atoms with Gasteiger partial charge in [-0.1, -0.05) is 57.2 Å². The van der Waals surface area contributed by atoms with Gasteiger partial charge >= 0.3 is 0 Å². The Kier molecular flexibility index (Phi) is 5.45. The van der Waals surface area contributed by atoms with Crippen LogP contribution in [0.1, 0.15) is 43.9 Å². The maximum absolute atomic E-state index is 12.2. The summed E-state index contributed by atoms with van der Waals surface area (Å²) < 4.78 is 5.17. The van der Waals surface area contributed by atoms with Crippen molar-refractivity contribution in [2.45, 2.75) is 39.0 Å². The Bertz CT molecular complexity index is 870. The number of rotatable bonds is 5. The van der Waals surface area contributed by atoms with Crippen LogP contribution in [0.5, 0.6) is 5.75 Å². The molecule has 1 heterocycles. The maximum atomic E-state index is 12.2. The summed E-state index contributed by atoms with van der Waals surface area (Å²) in [7, 11) is 1.66. The fraction of sp³-hybridized carbons (Fsp3) is 0.304. The number of nitrogens with zero attached hydrogens (tertiary/aromatic N) is 1. The van der Waals surface area contributed by atoms with Crippen LogP contribution in [-0.4, -0.2) is 18.9 Å². The number of carbonyl (C=O) groups is 1. The predicted octanol–water partition coefficient (Wildman–Crippen LogP) is 4.49. The molecule has 1 aliphatic heterocycles. The molecule has 0 spiro atoms. The number of aliphatic imine (C=N–C) groups is 1. The summed E-state index contributed by atoms with van der Waals surface area (Å²) in [6.45, 7) is 6.55. The molecule has 1 aliphatic rings. The number of methoxy groups -OCH3 is 1. The van der Waals surface area contributed by atoms with Gasteiger partial charge < -0.3 is 10.1 Å². The first kappa shape index (κ1) is 18.9. The van der Waals surface area contributed by atoms with E-state index in [0.29, 0.717) is 18.0 Å². The monoisotopic (exact) mass is 362 g/mol. The van der Waals surface area contributed by atoms with Crippen molar-refractivity contribution in [1.29, 1.82) is 0 Å². The van der Waals surface area contributed by atoms with Crippen LogP contribution in [0.15, 0.2) is 59.2 Å². The van der Waals surface area contributed by atoms with Crippen LogP contribution >= 0.6 is 0 Å². The molecule has 0 aliphatic carbocycles. The highest BCUT2D eigenvalue weighted by Crippen LogP contribution is 2.23. The third-order valence-electron chi connectivity index (χ3n) is 4.64. The highest BCUT2D eigenvalue weighted by Gasteiger charge is 2.20. The molecule has 2 aromatic carbocycles. The number of aryl methyl sites for hydroxylation is 1. The third-order valence-corrected chi connectivity index (χ3v) is 4.64. The quantitative estimate of drug-likeness (QED) is 0.797. The lowest BCUT2D eigenvalue weighted by molar-refractivity contribution is -0.115. The van der Waals surface area contributed by atoms with E-state index in [4.69, 9.17) is 4.74 Å². The van der Waals surface area contributed by atoms with Gasteiger partial charge in [-0.25, -0.2) is 4.99 Å². The summed E-state index contributed by atoms with van der Waals surface area (Å²) in [5, 5.41) is 2.87. The minimum atomic E-state index is -0.139. The Labute approximate surface area is 161 Å². The van der Waals surface area contributed by atoms with Gasteiger partial charge in [-0.15, -0.1) is 0 Å². The molecule has 3 rings (SSSR count). The molecule has 4 heteroatoms. The highest BCUT2D eigenvalue weighted by molar-refractivity contribution is 6.14. The minimum Gasteiger partial charge on any atom is -0.497 e. The molecule has 27 heavy (non-hydrogen) atoms. The van der Waals surface area contributed by atoms with Crippen molar-refractivity contribution >= 4 is 17.8 Å². The number of hydrogen-bond acceptors (Lipinski definition) is 3. The normalized spacial score (nSPS) is 15.6. The molecule has 0 atom stereocenters. The van der Waals surface area contributed by atoms with Gasteiger partial charge in [-0.3, -0.25) is 4.79 Å². The molecule has 0 saturated carbocycles. The summed E-state index contributed by atoms with van der Waals surface area (Å²) in [4.78, 5) is 16.7. The highest BCUT2D eigenvalue weighted by atomic mass is 16.5. The number of carbonyl (C=O) groups excluding carboxylic acids is 1. The van der Waals surface area contributed by atoms with Crippen LogP contribution in [0.4, 0.5) is 0 Å². The van der Waals surface area contributed by atoms with E-state index in [1.807, 2.05) is 42.5 Å². The Hall–Kier alpha value is -2.88. The average Bonchev–Trinajstić information content (AvgIpc) is 2.99. The molecule has 4 nitrogen and oxygen atoms in total. The number of ether oxygens (including phenoxy) is 1. The van der Waals surface area contributed by atoms with E-state index in [1.165, 1.54) is 11.1 Å². The molecule has 0 radical (unpaired) electrons. The second-order valence-corrected chi connectivity index (χ2v) is 7.76. The van der Waals surface area contributed by atoms with E-state index in [1.54, 1.807) is 7.11 Å². The van der Waals surface area contributed by atoms with E-state index in [0.717, 1.165) is 17.7 Å². The van der Waals surface area contributed by atoms with Crippen molar-refractivity contribution in [1.82, 2.24) is 5.32 Å². The van der Waals surface area contributed by atoms with Gasteiger partial charge in [0.2, 0.25) is 0 Å². The number of benzene rings is 2. The lowest BCUT2D eigenvalue weighted by Crippen LogP contribution is -2.24. The van der Waals surface area contributed by atoms with Gasteiger partial charge in [0.15, 0.2) is 0 Å². The number of nitrogens with one attached hydrogen (secondary N) is 1. The van der Waals surface area contributed by atoms with Crippen LogP contribution in [0.25, 0.3) is 6.08 Å². The van der Waals surface area contributed by atoms with Gasteiger partial charge in [0, 0.05) is 6.42 Å². The Morgan fingerprint density at radius 2 is 1.67 bits per heavy atom. The number of hydrogen-bond donors (Lipinski definition) is 1. The molecule has 140 valence electrons. The molecular weight excluding hydrogens is 336 g/mol. The molecule has 0 bridgehead atoms. The van der Waals surface area contributed by atoms with E-state index in [-0.39, 0.29) is 11.3 Å². The topological polar surface area (TPSA) is 50.7 Å². The summed E-state index contributed by atoms with van der Waals surface area (Å²) in [5.41, 5.74) is 4.01.